The monoisotopic (exact) mass is 304 g/mol. The Morgan fingerprint density at radius 2 is 1.95 bits per heavy atom. The van der Waals surface area contributed by atoms with Crippen LogP contribution in [0.1, 0.15) is 22.8 Å². The number of hydrogen-bond acceptors (Lipinski definition) is 4. The lowest BCUT2D eigenvalue weighted by Crippen LogP contribution is -2.41. The molecular weight excluding hydrogens is 288 g/mol. The summed E-state index contributed by atoms with van der Waals surface area (Å²) >= 11 is 0. The van der Waals surface area contributed by atoms with Crippen molar-refractivity contribution in [2.24, 2.45) is 7.05 Å². The lowest BCUT2D eigenvalue weighted by atomic mass is 10.1. The minimum absolute atomic E-state index is 0.357. The Kier molecular flexibility index (Phi) is 3.90. The van der Waals surface area contributed by atoms with Gasteiger partial charge in [0, 0.05) is 12.4 Å². The molecule has 2 aromatic rings. The highest BCUT2D eigenvalue weighted by atomic mass is 16.4. The predicted molar refractivity (Wildman–Crippen MR) is 80.2 cm³/mol. The van der Waals surface area contributed by atoms with Crippen LogP contribution in [-0.4, -0.2) is 32.7 Å². The number of nitrogens with zero attached hydrogens (tertiary/aromatic N) is 1. The van der Waals surface area contributed by atoms with Crippen LogP contribution >= 0.6 is 0 Å². The topological polar surface area (TPSA) is 109 Å². The SMILES string of the molecule is Cc1cccc2c(O)c(C(=O)N[C@@H](C)C(=O)O)c(=O)n(C)c12. The number of carbonyl (C=O) groups is 2. The van der Waals surface area contributed by atoms with Crippen molar-refractivity contribution in [2.75, 3.05) is 0 Å². The van der Waals surface area contributed by atoms with Gasteiger partial charge >= 0.3 is 5.97 Å². The smallest absolute Gasteiger partial charge is 0.325 e. The van der Waals surface area contributed by atoms with Crippen molar-refractivity contribution < 1.29 is 19.8 Å². The van der Waals surface area contributed by atoms with E-state index in [2.05, 4.69) is 5.32 Å². The number of hydrogen-bond donors (Lipinski definition) is 3. The van der Waals surface area contributed by atoms with Gasteiger partial charge in [-0.1, -0.05) is 12.1 Å². The number of fused-ring (bicyclic) bond motifs is 1. The molecule has 2 rings (SSSR count). The number of carbonyl (C=O) groups excluding carboxylic acids is 1. The average Bonchev–Trinajstić information content (AvgIpc) is 2.44. The first kappa shape index (κ1) is 15.6. The van der Waals surface area contributed by atoms with Gasteiger partial charge in [-0.05, 0) is 25.5 Å². The number of carboxylic acid groups (broad SMARTS) is 1. The zero-order valence-corrected chi connectivity index (χ0v) is 12.4. The molecule has 1 atom stereocenters. The number of aromatic nitrogens is 1. The van der Waals surface area contributed by atoms with Crippen molar-refractivity contribution in [3.63, 3.8) is 0 Å². The first-order valence-corrected chi connectivity index (χ1v) is 6.60. The Morgan fingerprint density at radius 1 is 1.32 bits per heavy atom. The third-order valence-electron chi connectivity index (χ3n) is 3.53. The van der Waals surface area contributed by atoms with Gasteiger partial charge in [-0.3, -0.25) is 14.4 Å². The molecule has 1 aromatic carbocycles. The molecule has 0 spiro atoms. The normalized spacial score (nSPS) is 12.1. The molecule has 1 amide bonds. The van der Waals surface area contributed by atoms with Crippen molar-refractivity contribution in [1.82, 2.24) is 9.88 Å². The van der Waals surface area contributed by atoms with Gasteiger partial charge in [-0.2, -0.15) is 0 Å². The lowest BCUT2D eigenvalue weighted by molar-refractivity contribution is -0.138. The molecule has 0 saturated heterocycles. The summed E-state index contributed by atoms with van der Waals surface area (Å²) in [7, 11) is 1.49. The molecule has 1 heterocycles. The van der Waals surface area contributed by atoms with E-state index < -0.39 is 34.8 Å². The van der Waals surface area contributed by atoms with Crippen LogP contribution in [0.3, 0.4) is 0 Å². The molecule has 0 radical (unpaired) electrons. The van der Waals surface area contributed by atoms with Crippen LogP contribution in [0, 0.1) is 6.92 Å². The van der Waals surface area contributed by atoms with Gasteiger partial charge in [0.05, 0.1) is 5.52 Å². The van der Waals surface area contributed by atoms with Crippen molar-refractivity contribution in [3.8, 4) is 5.75 Å². The summed E-state index contributed by atoms with van der Waals surface area (Å²) in [5, 5.41) is 21.6. The molecule has 0 fully saturated rings. The summed E-state index contributed by atoms with van der Waals surface area (Å²) in [5.41, 5.74) is 0.147. The Morgan fingerprint density at radius 3 is 2.55 bits per heavy atom. The highest BCUT2D eigenvalue weighted by Crippen LogP contribution is 2.27. The number of nitrogens with one attached hydrogen (secondary N) is 1. The molecule has 116 valence electrons. The summed E-state index contributed by atoms with van der Waals surface area (Å²) < 4.78 is 1.27. The highest BCUT2D eigenvalue weighted by molar-refractivity contribution is 6.03. The Hall–Kier alpha value is -2.83. The number of rotatable bonds is 3. The van der Waals surface area contributed by atoms with Crippen LogP contribution in [0.2, 0.25) is 0 Å². The van der Waals surface area contributed by atoms with Crippen LogP contribution in [0.15, 0.2) is 23.0 Å². The van der Waals surface area contributed by atoms with Crippen LogP contribution in [0.25, 0.3) is 10.9 Å². The number of aromatic hydroxyl groups is 1. The number of amides is 1. The van der Waals surface area contributed by atoms with Crippen molar-refractivity contribution in [2.45, 2.75) is 19.9 Å². The molecule has 22 heavy (non-hydrogen) atoms. The zero-order chi connectivity index (χ0) is 16.6. The van der Waals surface area contributed by atoms with E-state index in [9.17, 15) is 19.5 Å². The van der Waals surface area contributed by atoms with Crippen molar-refractivity contribution >= 4 is 22.8 Å². The predicted octanol–water partition coefficient (Wildman–Crippen LogP) is 0.755. The Balaban J connectivity index is 2.68. The summed E-state index contributed by atoms with van der Waals surface area (Å²) in [4.78, 5) is 35.3. The number of carboxylic acids is 1. The van der Waals surface area contributed by atoms with E-state index in [1.807, 2.05) is 0 Å². The Labute approximate surface area is 125 Å². The molecule has 0 saturated carbocycles. The van der Waals surface area contributed by atoms with Crippen molar-refractivity contribution in [3.05, 3.63) is 39.7 Å². The molecule has 0 aliphatic rings. The van der Waals surface area contributed by atoms with Gasteiger partial charge in [0.25, 0.3) is 11.5 Å². The van der Waals surface area contributed by atoms with E-state index in [0.717, 1.165) is 5.56 Å². The summed E-state index contributed by atoms with van der Waals surface area (Å²) in [6.45, 7) is 3.06. The Bertz CT molecular complexity index is 838. The number of pyridine rings is 1. The maximum atomic E-state index is 12.3. The van der Waals surface area contributed by atoms with Crippen LogP contribution in [0.4, 0.5) is 0 Å². The van der Waals surface area contributed by atoms with Gasteiger partial charge in [-0.15, -0.1) is 0 Å². The minimum atomic E-state index is -1.23. The molecule has 0 unspecified atom stereocenters. The molecule has 3 N–H and O–H groups in total. The number of aliphatic carboxylic acids is 1. The average molecular weight is 304 g/mol. The zero-order valence-electron chi connectivity index (χ0n) is 12.4. The number of aryl methyl sites for hydroxylation is 2. The lowest BCUT2D eigenvalue weighted by Gasteiger charge is -2.14. The largest absolute Gasteiger partial charge is 0.506 e. The summed E-state index contributed by atoms with van der Waals surface area (Å²) in [5.74, 6) is -2.60. The molecule has 0 aliphatic heterocycles. The fourth-order valence-electron chi connectivity index (χ4n) is 2.34. The molecule has 7 heteroatoms. The molecule has 7 nitrogen and oxygen atoms in total. The number of benzene rings is 1. The second-order valence-corrected chi connectivity index (χ2v) is 5.09. The van der Waals surface area contributed by atoms with Gasteiger partial charge < -0.3 is 20.1 Å². The summed E-state index contributed by atoms with van der Waals surface area (Å²) in [6.07, 6.45) is 0. The fourth-order valence-corrected chi connectivity index (χ4v) is 2.34. The molecule has 0 bridgehead atoms. The number of para-hydroxylation sites is 1. The standard InChI is InChI=1S/C15H16N2O5/c1-7-5-4-6-9-11(7)17(3)14(20)10(12(9)18)13(19)16-8(2)15(21)22/h4-6,8,18H,1-3H3,(H,16,19)(H,21,22)/t8-/m0/s1. The van der Waals surface area contributed by atoms with E-state index in [0.29, 0.717) is 10.9 Å². The molecule has 1 aromatic heterocycles. The van der Waals surface area contributed by atoms with Crippen LogP contribution in [0.5, 0.6) is 5.75 Å². The highest BCUT2D eigenvalue weighted by Gasteiger charge is 2.24. The van der Waals surface area contributed by atoms with Crippen LogP contribution in [-0.2, 0) is 11.8 Å². The second kappa shape index (κ2) is 5.51. The molecule has 0 aliphatic carbocycles. The van der Waals surface area contributed by atoms with E-state index in [1.54, 1.807) is 25.1 Å². The quantitative estimate of drug-likeness (QED) is 0.775. The van der Waals surface area contributed by atoms with E-state index in [1.165, 1.54) is 18.5 Å². The van der Waals surface area contributed by atoms with Gasteiger partial charge in [0.2, 0.25) is 0 Å². The fraction of sp³-hybridized carbons (Fsp3) is 0.267. The van der Waals surface area contributed by atoms with Gasteiger partial charge in [0.1, 0.15) is 17.4 Å². The minimum Gasteiger partial charge on any atom is -0.506 e. The van der Waals surface area contributed by atoms with E-state index in [-0.39, 0.29) is 0 Å². The third kappa shape index (κ3) is 2.41. The van der Waals surface area contributed by atoms with E-state index in [4.69, 9.17) is 5.11 Å². The third-order valence-corrected chi connectivity index (χ3v) is 3.53. The van der Waals surface area contributed by atoms with Gasteiger partial charge in [-0.25, -0.2) is 0 Å². The first-order valence-electron chi connectivity index (χ1n) is 6.60. The second-order valence-electron chi connectivity index (χ2n) is 5.09. The van der Waals surface area contributed by atoms with Gasteiger partial charge in [0.15, 0.2) is 0 Å². The molecular formula is C15H16N2O5. The maximum Gasteiger partial charge on any atom is 0.325 e. The first-order chi connectivity index (χ1) is 10.3. The van der Waals surface area contributed by atoms with Crippen LogP contribution < -0.4 is 10.9 Å². The maximum absolute atomic E-state index is 12.3. The summed E-state index contributed by atoms with van der Waals surface area (Å²) in [6, 6.07) is 3.90. The van der Waals surface area contributed by atoms with E-state index >= 15 is 0 Å². The van der Waals surface area contributed by atoms with Crippen molar-refractivity contribution in [1.29, 1.82) is 0 Å².